The van der Waals surface area contributed by atoms with Gasteiger partial charge in [0, 0.05) is 29.9 Å². The predicted octanol–water partition coefficient (Wildman–Crippen LogP) is 2.54. The highest BCUT2D eigenvalue weighted by molar-refractivity contribution is 6.31. The molecule has 0 aliphatic carbocycles. The van der Waals surface area contributed by atoms with Gasteiger partial charge in [-0.1, -0.05) is 17.7 Å². The van der Waals surface area contributed by atoms with Gasteiger partial charge in [0.05, 0.1) is 5.69 Å². The molecule has 0 radical (unpaired) electrons. The van der Waals surface area contributed by atoms with Crippen LogP contribution < -0.4 is 10.5 Å². The smallest absolute Gasteiger partial charge is 0.132 e. The summed E-state index contributed by atoms with van der Waals surface area (Å²) in [4.78, 5) is 0. The fourth-order valence-corrected chi connectivity index (χ4v) is 2.13. The van der Waals surface area contributed by atoms with Crippen molar-refractivity contribution in [1.82, 2.24) is 9.78 Å². The largest absolute Gasteiger partial charge is 0.487 e. The fourth-order valence-electron chi connectivity index (χ4n) is 1.89. The number of hydrogen-bond donors (Lipinski definition) is 1. The number of aromatic nitrogens is 2. The average molecular weight is 280 g/mol. The number of nitrogens with zero attached hydrogens (tertiary/aromatic N) is 2. The Hall–Kier alpha value is -1.52. The van der Waals surface area contributed by atoms with Gasteiger partial charge in [-0.2, -0.15) is 5.10 Å². The number of rotatable bonds is 5. The van der Waals surface area contributed by atoms with Crippen molar-refractivity contribution in [3.8, 4) is 5.75 Å². The second-order valence-corrected chi connectivity index (χ2v) is 5.07. The summed E-state index contributed by atoms with van der Waals surface area (Å²) in [5.41, 5.74) is 7.68. The second kappa shape index (κ2) is 6.08. The van der Waals surface area contributed by atoms with Crippen molar-refractivity contribution in [3.63, 3.8) is 0 Å². The van der Waals surface area contributed by atoms with E-state index in [1.54, 1.807) is 4.68 Å². The van der Waals surface area contributed by atoms with Gasteiger partial charge in [-0.25, -0.2) is 0 Å². The number of halogens is 1. The zero-order valence-electron chi connectivity index (χ0n) is 11.1. The minimum atomic E-state index is 0.0390. The van der Waals surface area contributed by atoms with Crippen molar-refractivity contribution in [2.24, 2.45) is 12.8 Å². The van der Waals surface area contributed by atoms with Crippen molar-refractivity contribution < 1.29 is 4.74 Å². The van der Waals surface area contributed by atoms with Crippen LogP contribution in [0.25, 0.3) is 0 Å². The number of nitrogens with two attached hydrogens (primary N) is 1. The van der Waals surface area contributed by atoms with Crippen LogP contribution in [0.3, 0.4) is 0 Å². The lowest BCUT2D eigenvalue weighted by atomic mass is 10.1. The molecule has 2 N–H and O–H groups in total. The third-order valence-corrected chi connectivity index (χ3v) is 3.10. The van der Waals surface area contributed by atoms with Crippen LogP contribution in [-0.4, -0.2) is 15.8 Å². The minimum Gasteiger partial charge on any atom is -0.487 e. The normalized spacial score (nSPS) is 12.4. The predicted molar refractivity (Wildman–Crippen MR) is 76.3 cm³/mol. The van der Waals surface area contributed by atoms with E-state index in [1.807, 2.05) is 44.4 Å². The topological polar surface area (TPSA) is 53.1 Å². The Morgan fingerprint density at radius 2 is 2.21 bits per heavy atom. The van der Waals surface area contributed by atoms with Crippen molar-refractivity contribution in [2.75, 3.05) is 0 Å². The fraction of sp³-hybridized carbons (Fsp3) is 0.357. The molecule has 0 amide bonds. The lowest BCUT2D eigenvalue weighted by molar-refractivity contribution is 0.296. The molecular formula is C14H18ClN3O. The first kappa shape index (κ1) is 13.9. The highest BCUT2D eigenvalue weighted by Crippen LogP contribution is 2.28. The molecule has 4 nitrogen and oxygen atoms in total. The van der Waals surface area contributed by atoms with Crippen LogP contribution in [0.15, 0.2) is 30.5 Å². The summed E-state index contributed by atoms with van der Waals surface area (Å²) in [6.07, 6.45) is 2.58. The first-order valence-corrected chi connectivity index (χ1v) is 6.58. The third-order valence-electron chi connectivity index (χ3n) is 2.75. The summed E-state index contributed by atoms with van der Waals surface area (Å²) in [5.74, 6) is 0.774. The molecule has 1 aromatic heterocycles. The molecule has 0 aliphatic heterocycles. The molecule has 0 aliphatic rings. The van der Waals surface area contributed by atoms with E-state index < -0.39 is 0 Å². The van der Waals surface area contributed by atoms with Gasteiger partial charge in [-0.3, -0.25) is 4.68 Å². The van der Waals surface area contributed by atoms with Gasteiger partial charge in [0.15, 0.2) is 0 Å². The lowest BCUT2D eigenvalue weighted by Gasteiger charge is -2.14. The van der Waals surface area contributed by atoms with E-state index in [9.17, 15) is 0 Å². The Bertz CT molecular complexity index is 551. The van der Waals surface area contributed by atoms with Crippen LogP contribution in [0.1, 0.15) is 18.2 Å². The van der Waals surface area contributed by atoms with Crippen molar-refractivity contribution in [3.05, 3.63) is 46.7 Å². The highest BCUT2D eigenvalue weighted by atomic mass is 35.5. The summed E-state index contributed by atoms with van der Waals surface area (Å²) >= 11 is 6.20. The van der Waals surface area contributed by atoms with Gasteiger partial charge in [0.25, 0.3) is 0 Å². The average Bonchev–Trinajstić information content (AvgIpc) is 2.75. The van der Waals surface area contributed by atoms with Crippen LogP contribution in [0, 0.1) is 0 Å². The molecule has 2 rings (SSSR count). The number of benzene rings is 1. The molecule has 0 fully saturated rings. The molecule has 0 saturated heterocycles. The molecule has 1 unspecified atom stereocenters. The van der Waals surface area contributed by atoms with Crippen LogP contribution in [-0.2, 0) is 20.1 Å². The highest BCUT2D eigenvalue weighted by Gasteiger charge is 2.11. The Labute approximate surface area is 118 Å². The molecule has 0 spiro atoms. The van der Waals surface area contributed by atoms with Gasteiger partial charge in [0.2, 0.25) is 0 Å². The minimum absolute atomic E-state index is 0.0390. The van der Waals surface area contributed by atoms with E-state index in [4.69, 9.17) is 22.1 Å². The van der Waals surface area contributed by atoms with Crippen molar-refractivity contribution >= 4 is 11.6 Å². The molecule has 2 aromatic rings. The van der Waals surface area contributed by atoms with Crippen LogP contribution in [0.2, 0.25) is 5.02 Å². The summed E-state index contributed by atoms with van der Waals surface area (Å²) in [6, 6.07) is 7.60. The third kappa shape index (κ3) is 3.72. The Morgan fingerprint density at radius 1 is 1.42 bits per heavy atom. The van der Waals surface area contributed by atoms with Crippen molar-refractivity contribution in [1.29, 1.82) is 0 Å². The van der Waals surface area contributed by atoms with E-state index in [0.29, 0.717) is 18.1 Å². The van der Waals surface area contributed by atoms with E-state index in [1.165, 1.54) is 0 Å². The SMILES string of the molecule is CC(N)Cc1c(Cl)cccc1OCc1ccn(C)n1. The Kier molecular flexibility index (Phi) is 4.45. The standard InChI is InChI=1S/C14H18ClN3O/c1-10(16)8-12-13(15)4-3-5-14(12)19-9-11-6-7-18(2)17-11/h3-7,10H,8-9,16H2,1-2H3. The molecule has 1 atom stereocenters. The Morgan fingerprint density at radius 3 is 2.84 bits per heavy atom. The first-order chi connectivity index (χ1) is 9.06. The maximum Gasteiger partial charge on any atom is 0.132 e. The van der Waals surface area contributed by atoms with Gasteiger partial charge < -0.3 is 10.5 Å². The van der Waals surface area contributed by atoms with Gasteiger partial charge in [-0.05, 0) is 31.5 Å². The summed E-state index contributed by atoms with van der Waals surface area (Å²) in [6.45, 7) is 2.37. The molecule has 5 heteroatoms. The van der Waals surface area contributed by atoms with Crippen LogP contribution in [0.5, 0.6) is 5.75 Å². The van der Waals surface area contributed by atoms with Gasteiger partial charge in [-0.15, -0.1) is 0 Å². The quantitative estimate of drug-likeness (QED) is 0.915. The lowest BCUT2D eigenvalue weighted by Crippen LogP contribution is -2.18. The van der Waals surface area contributed by atoms with E-state index in [0.717, 1.165) is 17.0 Å². The Balaban J connectivity index is 2.13. The summed E-state index contributed by atoms with van der Waals surface area (Å²) in [5, 5.41) is 4.96. The van der Waals surface area contributed by atoms with Gasteiger partial charge >= 0.3 is 0 Å². The van der Waals surface area contributed by atoms with E-state index in [-0.39, 0.29) is 6.04 Å². The molecule has 0 bridgehead atoms. The summed E-state index contributed by atoms with van der Waals surface area (Å²) in [7, 11) is 1.88. The van der Waals surface area contributed by atoms with Gasteiger partial charge in [0.1, 0.15) is 12.4 Å². The summed E-state index contributed by atoms with van der Waals surface area (Å²) < 4.78 is 7.55. The number of hydrogen-bond acceptors (Lipinski definition) is 3. The first-order valence-electron chi connectivity index (χ1n) is 6.20. The van der Waals surface area contributed by atoms with Crippen LogP contribution in [0.4, 0.5) is 0 Å². The molecule has 1 heterocycles. The van der Waals surface area contributed by atoms with E-state index in [2.05, 4.69) is 5.10 Å². The molecular weight excluding hydrogens is 262 g/mol. The number of aryl methyl sites for hydroxylation is 1. The molecule has 19 heavy (non-hydrogen) atoms. The van der Waals surface area contributed by atoms with E-state index >= 15 is 0 Å². The second-order valence-electron chi connectivity index (χ2n) is 4.67. The number of ether oxygens (including phenoxy) is 1. The monoisotopic (exact) mass is 279 g/mol. The molecule has 102 valence electrons. The maximum atomic E-state index is 6.20. The maximum absolute atomic E-state index is 6.20. The molecule has 0 saturated carbocycles. The zero-order chi connectivity index (χ0) is 13.8. The molecule has 1 aromatic carbocycles. The van der Waals surface area contributed by atoms with Crippen molar-refractivity contribution in [2.45, 2.75) is 26.0 Å². The van der Waals surface area contributed by atoms with Crippen LogP contribution >= 0.6 is 11.6 Å². The zero-order valence-corrected chi connectivity index (χ0v) is 11.9.